The van der Waals surface area contributed by atoms with Crippen LogP contribution in [0.25, 0.3) is 0 Å². The van der Waals surface area contributed by atoms with Gasteiger partial charge in [0.1, 0.15) is 11.6 Å². The number of nitrogens with one attached hydrogen (secondary N) is 1. The maximum Gasteiger partial charge on any atom is 0.257 e. The molecule has 1 aliphatic heterocycles. The number of rotatable bonds is 5. The van der Waals surface area contributed by atoms with Crippen LogP contribution in [0.2, 0.25) is 5.02 Å². The Morgan fingerprint density at radius 2 is 1.72 bits per heavy atom. The van der Waals surface area contributed by atoms with Crippen molar-refractivity contribution in [2.45, 2.75) is 13.8 Å². The quantitative estimate of drug-likeness (QED) is 0.617. The molecule has 0 saturated carbocycles. The monoisotopic (exact) mass is 451 g/mol. The van der Waals surface area contributed by atoms with Gasteiger partial charge in [-0.3, -0.25) is 4.79 Å². The summed E-state index contributed by atoms with van der Waals surface area (Å²) >= 11 is 6.10. The third kappa shape index (κ3) is 4.94. The number of carbonyl (C=O) groups is 1. The lowest BCUT2D eigenvalue weighted by Gasteiger charge is -2.35. The number of benzene rings is 2. The minimum atomic E-state index is -0.0871. The number of halogens is 1. The number of piperazine rings is 1. The molecule has 0 unspecified atom stereocenters. The highest BCUT2D eigenvalue weighted by molar-refractivity contribution is 6.31. The van der Waals surface area contributed by atoms with E-state index in [9.17, 15) is 4.79 Å². The topological polar surface area (TPSA) is 70.6 Å². The predicted octanol–water partition coefficient (Wildman–Crippen LogP) is 4.46. The van der Waals surface area contributed by atoms with Crippen molar-refractivity contribution in [2.24, 2.45) is 0 Å². The zero-order valence-electron chi connectivity index (χ0n) is 18.4. The Morgan fingerprint density at radius 3 is 2.41 bits per heavy atom. The number of aryl methyl sites for hydroxylation is 2. The minimum Gasteiger partial charge on any atom is -0.496 e. The van der Waals surface area contributed by atoms with Crippen LogP contribution in [0.4, 0.5) is 17.5 Å². The van der Waals surface area contributed by atoms with Crippen molar-refractivity contribution in [1.82, 2.24) is 14.9 Å². The third-order valence-corrected chi connectivity index (χ3v) is 5.64. The lowest BCUT2D eigenvalue weighted by Crippen LogP contribution is -2.49. The molecule has 2 heterocycles. The molecule has 0 spiro atoms. The van der Waals surface area contributed by atoms with Crippen LogP contribution in [0.5, 0.6) is 5.75 Å². The fraction of sp³-hybridized carbons (Fsp3) is 0.292. The summed E-state index contributed by atoms with van der Waals surface area (Å²) in [5.74, 6) is 1.84. The van der Waals surface area contributed by atoms with Crippen LogP contribution in [0.15, 0.2) is 48.5 Å². The van der Waals surface area contributed by atoms with Gasteiger partial charge in [0.25, 0.3) is 5.91 Å². The first-order valence-electron chi connectivity index (χ1n) is 10.5. The summed E-state index contributed by atoms with van der Waals surface area (Å²) in [6.45, 7) is 6.42. The molecule has 1 aliphatic rings. The van der Waals surface area contributed by atoms with Crippen LogP contribution in [0, 0.1) is 13.8 Å². The van der Waals surface area contributed by atoms with E-state index in [1.54, 1.807) is 25.3 Å². The predicted molar refractivity (Wildman–Crippen MR) is 127 cm³/mol. The number of anilines is 3. The number of methoxy groups -OCH3 is 1. The number of aromatic nitrogens is 2. The maximum atomic E-state index is 13.0. The van der Waals surface area contributed by atoms with E-state index in [0.29, 0.717) is 48.5 Å². The first-order chi connectivity index (χ1) is 15.4. The van der Waals surface area contributed by atoms with Gasteiger partial charge in [-0.25, -0.2) is 4.98 Å². The highest BCUT2D eigenvalue weighted by atomic mass is 35.5. The third-order valence-electron chi connectivity index (χ3n) is 5.41. The molecule has 166 valence electrons. The molecular formula is C24H26ClN5O2. The molecule has 1 fully saturated rings. The molecule has 3 aromatic rings. The number of carbonyl (C=O) groups excluding carboxylic acids is 1. The van der Waals surface area contributed by atoms with Gasteiger partial charge in [-0.1, -0.05) is 29.3 Å². The Balaban J connectivity index is 1.45. The largest absolute Gasteiger partial charge is 0.496 e. The second-order valence-corrected chi connectivity index (χ2v) is 8.25. The van der Waals surface area contributed by atoms with Crippen LogP contribution < -0.4 is 15.0 Å². The van der Waals surface area contributed by atoms with E-state index in [-0.39, 0.29) is 5.91 Å². The Morgan fingerprint density at radius 1 is 1.00 bits per heavy atom. The zero-order chi connectivity index (χ0) is 22.7. The van der Waals surface area contributed by atoms with Gasteiger partial charge >= 0.3 is 0 Å². The van der Waals surface area contributed by atoms with Gasteiger partial charge in [0, 0.05) is 48.6 Å². The van der Waals surface area contributed by atoms with Gasteiger partial charge in [0.15, 0.2) is 0 Å². The van der Waals surface area contributed by atoms with Crippen molar-refractivity contribution in [1.29, 1.82) is 0 Å². The molecule has 0 bridgehead atoms. The molecule has 8 heteroatoms. The lowest BCUT2D eigenvalue weighted by molar-refractivity contribution is 0.0743. The summed E-state index contributed by atoms with van der Waals surface area (Å²) in [5.41, 5.74) is 3.54. The first-order valence-corrected chi connectivity index (χ1v) is 10.9. The van der Waals surface area contributed by atoms with Crippen LogP contribution in [-0.4, -0.2) is 54.1 Å². The van der Waals surface area contributed by atoms with E-state index in [4.69, 9.17) is 21.3 Å². The number of hydrogen-bond acceptors (Lipinski definition) is 6. The normalized spacial score (nSPS) is 13.8. The standard InChI is InChI=1S/C24H26ClN5O2/c1-16-4-7-19(8-5-16)27-22-14-17(2)26-24(28-22)30-12-10-29(11-13-30)23(31)20-15-18(25)6-9-21(20)32-3/h4-9,14-15H,10-13H2,1-3H3,(H,26,27,28). The Labute approximate surface area is 193 Å². The second kappa shape index (κ2) is 9.44. The van der Waals surface area contributed by atoms with Crippen molar-refractivity contribution in [3.05, 3.63) is 70.4 Å². The van der Waals surface area contributed by atoms with E-state index in [0.717, 1.165) is 17.2 Å². The summed E-state index contributed by atoms with van der Waals surface area (Å²) in [5, 5.41) is 3.86. The van der Waals surface area contributed by atoms with Gasteiger partial charge in [0.2, 0.25) is 5.95 Å². The Hall–Kier alpha value is -3.32. The summed E-state index contributed by atoms with van der Waals surface area (Å²) in [6, 6.07) is 15.2. The Kier molecular flexibility index (Phi) is 6.46. The van der Waals surface area contributed by atoms with Crippen LogP contribution >= 0.6 is 11.6 Å². The molecule has 32 heavy (non-hydrogen) atoms. The number of hydrogen-bond donors (Lipinski definition) is 1. The Bertz CT molecular complexity index is 1110. The average Bonchev–Trinajstić information content (AvgIpc) is 2.80. The van der Waals surface area contributed by atoms with E-state index in [2.05, 4.69) is 34.3 Å². The van der Waals surface area contributed by atoms with Gasteiger partial charge < -0.3 is 19.9 Å². The summed E-state index contributed by atoms with van der Waals surface area (Å²) < 4.78 is 5.34. The zero-order valence-corrected chi connectivity index (χ0v) is 19.2. The van der Waals surface area contributed by atoms with Crippen molar-refractivity contribution in [2.75, 3.05) is 43.5 Å². The number of nitrogens with zero attached hydrogens (tertiary/aromatic N) is 4. The minimum absolute atomic E-state index is 0.0871. The van der Waals surface area contributed by atoms with Gasteiger partial charge in [-0.15, -0.1) is 0 Å². The van der Waals surface area contributed by atoms with Crippen molar-refractivity contribution in [3.8, 4) is 5.75 Å². The molecule has 2 aromatic carbocycles. The first kappa shape index (κ1) is 21.9. The maximum absolute atomic E-state index is 13.0. The second-order valence-electron chi connectivity index (χ2n) is 7.81. The van der Waals surface area contributed by atoms with Crippen LogP contribution in [0.1, 0.15) is 21.6 Å². The summed E-state index contributed by atoms with van der Waals surface area (Å²) in [7, 11) is 1.55. The smallest absolute Gasteiger partial charge is 0.257 e. The van der Waals surface area contributed by atoms with Crippen molar-refractivity contribution in [3.63, 3.8) is 0 Å². The fourth-order valence-corrected chi connectivity index (χ4v) is 3.84. The summed E-state index contributed by atoms with van der Waals surface area (Å²) in [4.78, 5) is 26.3. The highest BCUT2D eigenvalue weighted by Crippen LogP contribution is 2.25. The van der Waals surface area contributed by atoms with Crippen LogP contribution in [-0.2, 0) is 0 Å². The SMILES string of the molecule is COc1ccc(Cl)cc1C(=O)N1CCN(c2nc(C)cc(Nc3ccc(C)cc3)n2)CC1. The molecule has 4 rings (SSSR count). The van der Waals surface area contributed by atoms with E-state index >= 15 is 0 Å². The van der Waals surface area contributed by atoms with E-state index in [1.807, 2.05) is 30.0 Å². The molecule has 0 atom stereocenters. The molecule has 0 radical (unpaired) electrons. The van der Waals surface area contributed by atoms with Crippen molar-refractivity contribution >= 4 is 35.0 Å². The van der Waals surface area contributed by atoms with E-state index < -0.39 is 0 Å². The molecule has 7 nitrogen and oxygen atoms in total. The molecular weight excluding hydrogens is 426 g/mol. The van der Waals surface area contributed by atoms with Gasteiger partial charge in [-0.05, 0) is 44.2 Å². The molecule has 1 amide bonds. The van der Waals surface area contributed by atoms with Crippen molar-refractivity contribution < 1.29 is 9.53 Å². The van der Waals surface area contributed by atoms with Crippen LogP contribution in [0.3, 0.4) is 0 Å². The molecule has 1 aromatic heterocycles. The highest BCUT2D eigenvalue weighted by Gasteiger charge is 2.26. The lowest BCUT2D eigenvalue weighted by atomic mass is 10.1. The van der Waals surface area contributed by atoms with E-state index in [1.165, 1.54) is 5.56 Å². The fourth-order valence-electron chi connectivity index (χ4n) is 3.67. The number of ether oxygens (including phenoxy) is 1. The molecule has 0 aliphatic carbocycles. The molecule has 1 N–H and O–H groups in total. The average molecular weight is 452 g/mol. The summed E-state index contributed by atoms with van der Waals surface area (Å²) in [6.07, 6.45) is 0. The number of amides is 1. The van der Waals surface area contributed by atoms with Gasteiger partial charge in [0.05, 0.1) is 12.7 Å². The van der Waals surface area contributed by atoms with Gasteiger partial charge in [-0.2, -0.15) is 4.98 Å². The molecule has 1 saturated heterocycles.